The molecule has 1 aromatic rings. The van der Waals surface area contributed by atoms with Crippen LogP contribution in [-0.2, 0) is 13.6 Å². The maximum absolute atomic E-state index is 12.4. The smallest absolute Gasteiger partial charge is 0.403 e. The van der Waals surface area contributed by atoms with Crippen LogP contribution in [0.1, 0.15) is 30.5 Å². The zero-order valence-electron chi connectivity index (χ0n) is 12.1. The third-order valence-electron chi connectivity index (χ3n) is 3.03. The van der Waals surface area contributed by atoms with Crippen molar-refractivity contribution in [1.82, 2.24) is 0 Å². The molecule has 0 unspecified atom stereocenters. The molecule has 19 heavy (non-hydrogen) atoms. The van der Waals surface area contributed by atoms with Crippen LogP contribution < -0.4 is 4.52 Å². The Kier molecular flexibility index (Phi) is 3.78. The van der Waals surface area contributed by atoms with Crippen molar-refractivity contribution in [3.05, 3.63) is 28.8 Å². The Bertz CT molecular complexity index is 499. The molecule has 0 radical (unpaired) electrons. The van der Waals surface area contributed by atoms with Crippen molar-refractivity contribution in [1.29, 1.82) is 0 Å². The number of phosphoric ester groups is 1. The van der Waals surface area contributed by atoms with Crippen molar-refractivity contribution < 1.29 is 18.1 Å². The molecule has 0 bridgehead atoms. The highest BCUT2D eigenvalue weighted by Crippen LogP contribution is 2.55. The molecule has 1 heterocycles. The number of hydrogen-bond donors (Lipinski definition) is 0. The lowest BCUT2D eigenvalue weighted by Crippen LogP contribution is -2.30. The van der Waals surface area contributed by atoms with Crippen LogP contribution in [0.15, 0.2) is 12.1 Å². The normalized spacial score (nSPS) is 21.1. The average molecular weight is 284 g/mol. The summed E-state index contributed by atoms with van der Waals surface area (Å²) in [5.74, 6) is 0.591. The Morgan fingerprint density at radius 3 is 2.05 bits per heavy atom. The fourth-order valence-corrected chi connectivity index (χ4v) is 3.77. The van der Waals surface area contributed by atoms with E-state index >= 15 is 0 Å². The van der Waals surface area contributed by atoms with Crippen LogP contribution in [-0.4, -0.2) is 13.2 Å². The second-order valence-corrected chi connectivity index (χ2v) is 7.57. The quantitative estimate of drug-likeness (QED) is 0.764. The highest BCUT2D eigenvalue weighted by Gasteiger charge is 2.39. The minimum atomic E-state index is -3.48. The zero-order chi connectivity index (χ0) is 14.3. The molecule has 0 amide bonds. The topological polar surface area (TPSA) is 44.8 Å². The van der Waals surface area contributed by atoms with Gasteiger partial charge in [0.05, 0.1) is 13.2 Å². The Balaban J connectivity index is 2.20. The van der Waals surface area contributed by atoms with Crippen LogP contribution in [0.25, 0.3) is 0 Å². The molecular formula is C14H21O4P. The third-order valence-corrected chi connectivity index (χ3v) is 4.33. The largest absolute Gasteiger partial charge is 0.530 e. The van der Waals surface area contributed by atoms with Gasteiger partial charge in [-0.25, -0.2) is 4.57 Å². The minimum absolute atomic E-state index is 0.130. The molecule has 5 heteroatoms. The highest BCUT2D eigenvalue weighted by atomic mass is 31.2. The van der Waals surface area contributed by atoms with Crippen LogP contribution in [0, 0.1) is 26.2 Å². The van der Waals surface area contributed by atoms with E-state index in [9.17, 15) is 4.57 Å². The highest BCUT2D eigenvalue weighted by molar-refractivity contribution is 7.49. The van der Waals surface area contributed by atoms with Gasteiger partial charge >= 0.3 is 7.82 Å². The van der Waals surface area contributed by atoms with Gasteiger partial charge in [0.25, 0.3) is 0 Å². The maximum atomic E-state index is 12.4. The molecule has 0 spiro atoms. The first-order chi connectivity index (χ1) is 8.71. The summed E-state index contributed by atoms with van der Waals surface area (Å²) >= 11 is 0. The number of hydrogen-bond acceptors (Lipinski definition) is 4. The monoisotopic (exact) mass is 284 g/mol. The molecule has 4 nitrogen and oxygen atoms in total. The van der Waals surface area contributed by atoms with Gasteiger partial charge in [0.15, 0.2) is 0 Å². The van der Waals surface area contributed by atoms with Crippen molar-refractivity contribution in [2.24, 2.45) is 5.41 Å². The maximum Gasteiger partial charge on any atom is 0.530 e. The fourth-order valence-electron chi connectivity index (χ4n) is 2.06. The summed E-state index contributed by atoms with van der Waals surface area (Å²) in [6.07, 6.45) is 0. The summed E-state index contributed by atoms with van der Waals surface area (Å²) in [5.41, 5.74) is 2.89. The first kappa shape index (κ1) is 14.6. The fraction of sp³-hybridized carbons (Fsp3) is 0.571. The Morgan fingerprint density at radius 2 is 1.58 bits per heavy atom. The number of phosphoric acid groups is 1. The Labute approximate surface area is 114 Å². The van der Waals surface area contributed by atoms with Gasteiger partial charge in [-0.05, 0) is 31.9 Å². The van der Waals surface area contributed by atoms with Gasteiger partial charge in [-0.15, -0.1) is 0 Å². The van der Waals surface area contributed by atoms with Crippen LogP contribution >= 0.6 is 7.82 Å². The molecule has 0 N–H and O–H groups in total. The number of rotatable bonds is 2. The van der Waals surface area contributed by atoms with Gasteiger partial charge in [0.2, 0.25) is 0 Å². The van der Waals surface area contributed by atoms with E-state index < -0.39 is 7.82 Å². The lowest BCUT2D eigenvalue weighted by molar-refractivity contribution is 0.0180. The van der Waals surface area contributed by atoms with Gasteiger partial charge in [-0.3, -0.25) is 9.05 Å². The lowest BCUT2D eigenvalue weighted by atomic mass is 9.97. The minimum Gasteiger partial charge on any atom is -0.403 e. The summed E-state index contributed by atoms with van der Waals surface area (Å²) in [5, 5.41) is 0. The number of aryl methyl sites for hydroxylation is 3. The van der Waals surface area contributed by atoms with Crippen molar-refractivity contribution in [2.75, 3.05) is 13.2 Å². The standard InChI is InChI=1S/C14H21O4P/c1-10-6-11(2)13(12(3)7-10)18-19(15)16-8-14(4,5)9-17-19/h6-7H,8-9H2,1-5H3. The van der Waals surface area contributed by atoms with Crippen LogP contribution in [0.4, 0.5) is 0 Å². The van der Waals surface area contributed by atoms with E-state index in [-0.39, 0.29) is 5.41 Å². The van der Waals surface area contributed by atoms with Crippen LogP contribution in [0.5, 0.6) is 5.75 Å². The van der Waals surface area contributed by atoms with E-state index in [0.29, 0.717) is 19.0 Å². The summed E-state index contributed by atoms with van der Waals surface area (Å²) in [7, 11) is -3.48. The summed E-state index contributed by atoms with van der Waals surface area (Å²) in [6, 6.07) is 3.98. The van der Waals surface area contributed by atoms with E-state index in [2.05, 4.69) is 0 Å². The number of benzene rings is 1. The zero-order valence-corrected chi connectivity index (χ0v) is 13.0. The van der Waals surface area contributed by atoms with E-state index in [4.69, 9.17) is 13.6 Å². The molecule has 0 atom stereocenters. The molecule has 0 aromatic heterocycles. The van der Waals surface area contributed by atoms with Gasteiger partial charge in [0, 0.05) is 5.41 Å². The van der Waals surface area contributed by atoms with E-state index in [1.165, 1.54) is 0 Å². The van der Waals surface area contributed by atoms with Crippen molar-refractivity contribution in [3.63, 3.8) is 0 Å². The van der Waals surface area contributed by atoms with Gasteiger partial charge in [0.1, 0.15) is 5.75 Å². The molecule has 1 fully saturated rings. The van der Waals surface area contributed by atoms with Crippen molar-refractivity contribution >= 4 is 7.82 Å². The lowest BCUT2D eigenvalue weighted by Gasteiger charge is -2.33. The molecule has 1 aliphatic heterocycles. The summed E-state index contributed by atoms with van der Waals surface area (Å²) in [6.45, 7) is 10.6. The van der Waals surface area contributed by atoms with Gasteiger partial charge in [-0.2, -0.15) is 0 Å². The molecule has 0 aliphatic carbocycles. The first-order valence-electron chi connectivity index (χ1n) is 6.37. The molecule has 0 saturated carbocycles. The van der Waals surface area contributed by atoms with E-state index in [1.54, 1.807) is 0 Å². The molecule has 1 aliphatic rings. The average Bonchev–Trinajstić information content (AvgIpc) is 2.29. The van der Waals surface area contributed by atoms with Gasteiger partial charge < -0.3 is 4.52 Å². The predicted octanol–water partition coefficient (Wildman–Crippen LogP) is 4.17. The van der Waals surface area contributed by atoms with Crippen molar-refractivity contribution in [3.8, 4) is 5.75 Å². The molecule has 1 aromatic carbocycles. The Hall–Kier alpha value is -0.830. The second kappa shape index (κ2) is 4.93. The molecular weight excluding hydrogens is 263 g/mol. The predicted molar refractivity (Wildman–Crippen MR) is 74.6 cm³/mol. The van der Waals surface area contributed by atoms with Gasteiger partial charge in [-0.1, -0.05) is 31.5 Å². The summed E-state index contributed by atoms with van der Waals surface area (Å²) < 4.78 is 28.6. The molecule has 2 rings (SSSR count). The van der Waals surface area contributed by atoms with Crippen LogP contribution in [0.2, 0.25) is 0 Å². The molecule has 1 saturated heterocycles. The van der Waals surface area contributed by atoms with E-state index in [1.807, 2.05) is 46.8 Å². The first-order valence-corrected chi connectivity index (χ1v) is 7.83. The van der Waals surface area contributed by atoms with Crippen LogP contribution in [0.3, 0.4) is 0 Å². The van der Waals surface area contributed by atoms with Crippen molar-refractivity contribution in [2.45, 2.75) is 34.6 Å². The molecule has 106 valence electrons. The SMILES string of the molecule is Cc1cc(C)c(OP2(=O)OCC(C)(C)CO2)c(C)c1. The second-order valence-electron chi connectivity index (χ2n) is 5.98. The van der Waals surface area contributed by atoms with E-state index in [0.717, 1.165) is 16.7 Å². The Morgan fingerprint density at radius 1 is 1.11 bits per heavy atom. The summed E-state index contributed by atoms with van der Waals surface area (Å²) in [4.78, 5) is 0. The third kappa shape index (κ3) is 3.38.